The van der Waals surface area contributed by atoms with Crippen LogP contribution in [-0.2, 0) is 19.0 Å². The van der Waals surface area contributed by atoms with Gasteiger partial charge in [-0.2, -0.15) is 8.42 Å². The molecule has 1 amide bonds. The number of carbonyl (C=O) groups excluding carboxylic acids is 1. The van der Waals surface area contributed by atoms with E-state index < -0.39 is 40.1 Å². The Balaban J connectivity index is 2.47. The fourth-order valence-electron chi connectivity index (χ4n) is 2.04. The first-order valence-corrected chi connectivity index (χ1v) is 8.30. The van der Waals surface area contributed by atoms with Crippen molar-refractivity contribution in [1.82, 2.24) is 5.32 Å². The Morgan fingerprint density at radius 2 is 1.90 bits per heavy atom. The van der Waals surface area contributed by atoms with Crippen LogP contribution in [0.5, 0.6) is 0 Å². The summed E-state index contributed by atoms with van der Waals surface area (Å²) in [5, 5.41) is 2.47. The number of nitrogens with one attached hydrogen (secondary N) is 1. The molecule has 0 bridgehead atoms. The molecule has 1 aliphatic carbocycles. The Morgan fingerprint density at radius 3 is 2.35 bits per heavy atom. The molecule has 1 rings (SSSR count). The summed E-state index contributed by atoms with van der Waals surface area (Å²) in [4.78, 5) is 11.6. The second kappa shape index (κ2) is 6.26. The van der Waals surface area contributed by atoms with Crippen LogP contribution < -0.4 is 5.32 Å². The highest BCUT2D eigenvalue weighted by molar-refractivity contribution is 7.86. The molecule has 20 heavy (non-hydrogen) atoms. The lowest BCUT2D eigenvalue weighted by Gasteiger charge is -2.32. The van der Waals surface area contributed by atoms with Crippen molar-refractivity contribution in [3.8, 4) is 0 Å². The van der Waals surface area contributed by atoms with Crippen LogP contribution in [0, 0.1) is 0 Å². The van der Waals surface area contributed by atoms with Gasteiger partial charge in [-0.25, -0.2) is 9.18 Å². The Bertz CT molecular complexity index is 445. The van der Waals surface area contributed by atoms with Gasteiger partial charge in [0.25, 0.3) is 10.1 Å². The number of ether oxygens (including phenoxy) is 1. The molecular formula is C12H22FNO5S. The molecule has 0 aromatic rings. The summed E-state index contributed by atoms with van der Waals surface area (Å²) >= 11 is 0. The van der Waals surface area contributed by atoms with Crippen LogP contribution in [0.2, 0.25) is 0 Å². The fraction of sp³-hybridized carbons (Fsp3) is 0.917. The molecule has 1 fully saturated rings. The predicted molar refractivity (Wildman–Crippen MR) is 71.6 cm³/mol. The topological polar surface area (TPSA) is 81.7 Å². The number of carbonyl (C=O) groups is 1. The van der Waals surface area contributed by atoms with E-state index in [1.807, 2.05) is 0 Å². The highest BCUT2D eigenvalue weighted by atomic mass is 32.2. The van der Waals surface area contributed by atoms with Gasteiger partial charge in [-0.05, 0) is 33.6 Å². The summed E-state index contributed by atoms with van der Waals surface area (Å²) in [6.45, 7) is 5.16. The van der Waals surface area contributed by atoms with Gasteiger partial charge in [0.15, 0.2) is 0 Å². The third-order valence-electron chi connectivity index (χ3n) is 2.74. The molecule has 0 aliphatic heterocycles. The quantitative estimate of drug-likeness (QED) is 0.803. The first kappa shape index (κ1) is 17.2. The van der Waals surface area contributed by atoms with Crippen LogP contribution in [0.1, 0.15) is 40.0 Å². The molecule has 0 aromatic carbocycles. The Labute approximate surface area is 119 Å². The zero-order chi connectivity index (χ0) is 15.6. The standard InChI is InChI=1S/C12H22FNO5S/c1-12(2,3)18-11(15)14-10-6-5-8(7-9(10)13)19-20(4,16)17/h8-10H,5-7H2,1-4H3,(H,14,15). The highest BCUT2D eigenvalue weighted by Crippen LogP contribution is 2.25. The van der Waals surface area contributed by atoms with Crippen molar-refractivity contribution < 1.29 is 26.5 Å². The van der Waals surface area contributed by atoms with Crippen LogP contribution in [-0.4, -0.2) is 44.7 Å². The van der Waals surface area contributed by atoms with Crippen LogP contribution in [0.4, 0.5) is 9.18 Å². The number of rotatable bonds is 3. The van der Waals surface area contributed by atoms with E-state index in [1.165, 1.54) is 0 Å². The molecule has 118 valence electrons. The maximum atomic E-state index is 13.9. The van der Waals surface area contributed by atoms with Gasteiger partial charge in [0.2, 0.25) is 0 Å². The van der Waals surface area contributed by atoms with Gasteiger partial charge in [-0.1, -0.05) is 0 Å². The van der Waals surface area contributed by atoms with Gasteiger partial charge >= 0.3 is 6.09 Å². The molecule has 0 radical (unpaired) electrons. The van der Waals surface area contributed by atoms with Crippen molar-refractivity contribution >= 4 is 16.2 Å². The number of hydrogen-bond acceptors (Lipinski definition) is 5. The lowest BCUT2D eigenvalue weighted by molar-refractivity contribution is 0.0374. The largest absolute Gasteiger partial charge is 0.444 e. The predicted octanol–water partition coefficient (Wildman–Crippen LogP) is 1.75. The van der Waals surface area contributed by atoms with Crippen LogP contribution in [0.3, 0.4) is 0 Å². The third kappa shape index (κ3) is 6.51. The van der Waals surface area contributed by atoms with E-state index in [-0.39, 0.29) is 6.42 Å². The zero-order valence-corrected chi connectivity index (χ0v) is 13.0. The number of hydrogen-bond donors (Lipinski definition) is 1. The SMILES string of the molecule is CC(C)(C)OC(=O)NC1CCC(OS(C)(=O)=O)CC1F. The van der Waals surface area contributed by atoms with Gasteiger partial charge < -0.3 is 10.1 Å². The van der Waals surface area contributed by atoms with Gasteiger partial charge in [0.1, 0.15) is 11.8 Å². The maximum absolute atomic E-state index is 13.9. The van der Waals surface area contributed by atoms with Gasteiger partial charge in [-0.3, -0.25) is 4.18 Å². The first-order valence-electron chi connectivity index (χ1n) is 6.48. The van der Waals surface area contributed by atoms with E-state index in [0.717, 1.165) is 6.26 Å². The second-order valence-corrected chi connectivity index (χ2v) is 7.60. The minimum atomic E-state index is -3.59. The van der Waals surface area contributed by atoms with E-state index in [0.29, 0.717) is 12.8 Å². The van der Waals surface area contributed by atoms with E-state index in [4.69, 9.17) is 8.92 Å². The smallest absolute Gasteiger partial charge is 0.407 e. The van der Waals surface area contributed by atoms with Crippen molar-refractivity contribution in [1.29, 1.82) is 0 Å². The maximum Gasteiger partial charge on any atom is 0.407 e. The molecule has 1 saturated carbocycles. The minimum absolute atomic E-state index is 0.0620. The van der Waals surface area contributed by atoms with Crippen molar-refractivity contribution in [2.75, 3.05) is 6.26 Å². The van der Waals surface area contributed by atoms with E-state index >= 15 is 0 Å². The van der Waals surface area contributed by atoms with Crippen molar-refractivity contribution in [2.24, 2.45) is 0 Å². The van der Waals surface area contributed by atoms with Crippen molar-refractivity contribution in [2.45, 2.75) is 64.0 Å². The summed E-state index contributed by atoms with van der Waals surface area (Å²) in [5.41, 5.74) is -0.646. The highest BCUT2D eigenvalue weighted by Gasteiger charge is 2.34. The number of alkyl halides is 1. The van der Waals surface area contributed by atoms with Gasteiger partial charge in [-0.15, -0.1) is 0 Å². The molecular weight excluding hydrogens is 289 g/mol. The molecule has 0 heterocycles. The molecule has 1 N–H and O–H groups in total. The number of amides is 1. The van der Waals surface area contributed by atoms with E-state index in [9.17, 15) is 17.6 Å². The second-order valence-electron chi connectivity index (χ2n) is 6.00. The Kier molecular flexibility index (Phi) is 5.37. The molecule has 3 unspecified atom stereocenters. The average molecular weight is 311 g/mol. The van der Waals surface area contributed by atoms with Gasteiger partial charge in [0, 0.05) is 6.42 Å². The van der Waals surface area contributed by atoms with Crippen LogP contribution in [0.15, 0.2) is 0 Å². The van der Waals surface area contributed by atoms with Crippen LogP contribution >= 0.6 is 0 Å². The number of alkyl carbamates (subject to hydrolysis) is 1. The lowest BCUT2D eigenvalue weighted by Crippen LogP contribution is -2.48. The van der Waals surface area contributed by atoms with Crippen molar-refractivity contribution in [3.05, 3.63) is 0 Å². The molecule has 0 aromatic heterocycles. The summed E-state index contributed by atoms with van der Waals surface area (Å²) in [6.07, 6.45) is -1.15. The zero-order valence-electron chi connectivity index (χ0n) is 12.2. The minimum Gasteiger partial charge on any atom is -0.444 e. The molecule has 8 heteroatoms. The Hall–Kier alpha value is -0.890. The monoisotopic (exact) mass is 311 g/mol. The summed E-state index contributed by atoms with van der Waals surface area (Å²) in [5.74, 6) is 0. The average Bonchev–Trinajstić information content (AvgIpc) is 2.17. The number of halogens is 1. The summed E-state index contributed by atoms with van der Waals surface area (Å²) in [6, 6.07) is -0.677. The molecule has 6 nitrogen and oxygen atoms in total. The lowest BCUT2D eigenvalue weighted by atomic mass is 9.91. The third-order valence-corrected chi connectivity index (χ3v) is 3.36. The van der Waals surface area contributed by atoms with Crippen LogP contribution in [0.25, 0.3) is 0 Å². The molecule has 0 spiro atoms. The summed E-state index contributed by atoms with van der Waals surface area (Å²) in [7, 11) is -3.59. The normalized spacial score (nSPS) is 27.9. The van der Waals surface area contributed by atoms with Crippen molar-refractivity contribution in [3.63, 3.8) is 0 Å². The fourth-order valence-corrected chi connectivity index (χ4v) is 2.70. The summed E-state index contributed by atoms with van der Waals surface area (Å²) < 4.78 is 45.7. The molecule has 0 saturated heterocycles. The molecule has 3 atom stereocenters. The van der Waals surface area contributed by atoms with Gasteiger partial charge in [0.05, 0.1) is 18.4 Å². The Morgan fingerprint density at radius 1 is 1.30 bits per heavy atom. The van der Waals surface area contributed by atoms with E-state index in [1.54, 1.807) is 20.8 Å². The molecule has 1 aliphatic rings. The van der Waals surface area contributed by atoms with E-state index in [2.05, 4.69) is 5.32 Å². The first-order chi connectivity index (χ1) is 8.96.